The summed E-state index contributed by atoms with van der Waals surface area (Å²) in [6.07, 6.45) is 8.82. The zero-order valence-corrected chi connectivity index (χ0v) is 14.1. The second-order valence-electron chi connectivity index (χ2n) is 6.39. The van der Waals surface area contributed by atoms with E-state index in [0.29, 0.717) is 30.1 Å². The van der Waals surface area contributed by atoms with Crippen molar-refractivity contribution in [1.82, 2.24) is 5.32 Å². The Labute approximate surface area is 139 Å². The van der Waals surface area contributed by atoms with Gasteiger partial charge < -0.3 is 10.6 Å². The molecule has 0 bridgehead atoms. The van der Waals surface area contributed by atoms with Crippen molar-refractivity contribution >= 4 is 17.5 Å². The lowest BCUT2D eigenvalue weighted by Gasteiger charge is -2.21. The van der Waals surface area contributed by atoms with Gasteiger partial charge in [-0.3, -0.25) is 9.59 Å². The van der Waals surface area contributed by atoms with Crippen LogP contribution in [-0.4, -0.2) is 18.4 Å². The van der Waals surface area contributed by atoms with E-state index in [1.54, 1.807) is 12.1 Å². The molecule has 1 aliphatic rings. The molecule has 4 nitrogen and oxygen atoms in total. The van der Waals surface area contributed by atoms with Crippen LogP contribution in [0.4, 0.5) is 5.69 Å². The molecule has 4 heteroatoms. The number of nitrogens with one attached hydrogen (secondary N) is 2. The van der Waals surface area contributed by atoms with E-state index in [1.165, 1.54) is 32.1 Å². The Kier molecular flexibility index (Phi) is 7.11. The molecule has 1 aromatic rings. The van der Waals surface area contributed by atoms with E-state index in [9.17, 15) is 9.59 Å². The Morgan fingerprint density at radius 1 is 1.13 bits per heavy atom. The molecule has 1 fully saturated rings. The second kappa shape index (κ2) is 9.33. The number of carbonyl (C=O) groups excluding carboxylic acids is 2. The summed E-state index contributed by atoms with van der Waals surface area (Å²) >= 11 is 0. The first-order valence-electron chi connectivity index (χ1n) is 8.87. The SMILES string of the molecule is CCCNC(=O)c1ccccc1NC(=O)CCC1CCCCC1. The predicted octanol–water partition coefficient (Wildman–Crippen LogP) is 4.13. The van der Waals surface area contributed by atoms with Crippen LogP contribution in [-0.2, 0) is 4.79 Å². The molecule has 0 spiro atoms. The largest absolute Gasteiger partial charge is 0.352 e. The first-order chi connectivity index (χ1) is 11.2. The molecule has 2 amide bonds. The van der Waals surface area contributed by atoms with Crippen LogP contribution in [0.2, 0.25) is 0 Å². The molecular weight excluding hydrogens is 288 g/mol. The Morgan fingerprint density at radius 2 is 1.87 bits per heavy atom. The maximum absolute atomic E-state index is 12.2. The number of para-hydroxylation sites is 1. The van der Waals surface area contributed by atoms with Crippen LogP contribution in [0.5, 0.6) is 0 Å². The smallest absolute Gasteiger partial charge is 0.253 e. The maximum Gasteiger partial charge on any atom is 0.253 e. The van der Waals surface area contributed by atoms with Gasteiger partial charge in [-0.25, -0.2) is 0 Å². The van der Waals surface area contributed by atoms with Crippen molar-refractivity contribution in [2.24, 2.45) is 5.92 Å². The van der Waals surface area contributed by atoms with Crippen LogP contribution < -0.4 is 10.6 Å². The zero-order valence-electron chi connectivity index (χ0n) is 14.1. The number of carbonyl (C=O) groups is 2. The van der Waals surface area contributed by atoms with Crippen molar-refractivity contribution in [2.75, 3.05) is 11.9 Å². The molecular formula is C19H28N2O2. The van der Waals surface area contributed by atoms with Gasteiger partial charge >= 0.3 is 0 Å². The Balaban J connectivity index is 1.88. The molecule has 2 N–H and O–H groups in total. The van der Waals surface area contributed by atoms with Gasteiger partial charge in [0, 0.05) is 13.0 Å². The van der Waals surface area contributed by atoms with E-state index in [0.717, 1.165) is 12.8 Å². The number of amides is 2. The summed E-state index contributed by atoms with van der Waals surface area (Å²) in [5.74, 6) is 0.568. The normalized spacial score (nSPS) is 15.2. The minimum atomic E-state index is -0.130. The molecule has 0 heterocycles. The van der Waals surface area contributed by atoms with Crippen molar-refractivity contribution in [3.63, 3.8) is 0 Å². The maximum atomic E-state index is 12.2. The number of hydrogen-bond acceptors (Lipinski definition) is 2. The van der Waals surface area contributed by atoms with Crippen LogP contribution in [0, 0.1) is 5.92 Å². The standard InChI is InChI=1S/C19H28N2O2/c1-2-14-20-19(23)16-10-6-7-11-17(16)21-18(22)13-12-15-8-4-3-5-9-15/h6-7,10-11,15H,2-5,8-9,12-14H2,1H3,(H,20,23)(H,21,22). The summed E-state index contributed by atoms with van der Waals surface area (Å²) in [6, 6.07) is 7.20. The summed E-state index contributed by atoms with van der Waals surface area (Å²) in [5.41, 5.74) is 1.14. The Hall–Kier alpha value is -1.84. The van der Waals surface area contributed by atoms with Gasteiger partial charge in [-0.15, -0.1) is 0 Å². The number of rotatable bonds is 7. The lowest BCUT2D eigenvalue weighted by atomic mass is 9.86. The predicted molar refractivity (Wildman–Crippen MR) is 93.5 cm³/mol. The van der Waals surface area contributed by atoms with Crippen molar-refractivity contribution < 1.29 is 9.59 Å². The third-order valence-electron chi connectivity index (χ3n) is 4.49. The summed E-state index contributed by atoms with van der Waals surface area (Å²) in [4.78, 5) is 24.3. The fourth-order valence-corrected chi connectivity index (χ4v) is 3.15. The molecule has 0 unspecified atom stereocenters. The van der Waals surface area contributed by atoms with E-state index in [2.05, 4.69) is 10.6 Å². The quantitative estimate of drug-likeness (QED) is 0.795. The van der Waals surface area contributed by atoms with Crippen LogP contribution in [0.3, 0.4) is 0 Å². The Bertz CT molecular complexity index is 522. The van der Waals surface area contributed by atoms with Gasteiger partial charge in [0.2, 0.25) is 5.91 Å². The average Bonchev–Trinajstić information content (AvgIpc) is 2.59. The summed E-state index contributed by atoms with van der Waals surface area (Å²) < 4.78 is 0. The molecule has 0 aromatic heterocycles. The lowest BCUT2D eigenvalue weighted by molar-refractivity contribution is -0.116. The van der Waals surface area contributed by atoms with Crippen molar-refractivity contribution in [3.05, 3.63) is 29.8 Å². The van der Waals surface area contributed by atoms with Gasteiger partial charge in [-0.1, -0.05) is 51.2 Å². The topological polar surface area (TPSA) is 58.2 Å². The molecule has 1 aromatic carbocycles. The molecule has 2 rings (SSSR count). The highest BCUT2D eigenvalue weighted by Gasteiger charge is 2.16. The van der Waals surface area contributed by atoms with E-state index in [-0.39, 0.29) is 11.8 Å². The van der Waals surface area contributed by atoms with E-state index in [1.807, 2.05) is 19.1 Å². The molecule has 126 valence electrons. The minimum Gasteiger partial charge on any atom is -0.352 e. The van der Waals surface area contributed by atoms with Gasteiger partial charge in [0.05, 0.1) is 11.3 Å². The summed E-state index contributed by atoms with van der Waals surface area (Å²) in [6.45, 7) is 2.65. The fraction of sp³-hybridized carbons (Fsp3) is 0.579. The fourth-order valence-electron chi connectivity index (χ4n) is 3.15. The van der Waals surface area contributed by atoms with Gasteiger partial charge in [-0.2, -0.15) is 0 Å². The first-order valence-corrected chi connectivity index (χ1v) is 8.87. The highest BCUT2D eigenvalue weighted by Crippen LogP contribution is 2.27. The average molecular weight is 316 g/mol. The molecule has 1 aliphatic carbocycles. The van der Waals surface area contributed by atoms with Crippen LogP contribution in [0.15, 0.2) is 24.3 Å². The third-order valence-corrected chi connectivity index (χ3v) is 4.49. The molecule has 0 saturated heterocycles. The van der Waals surface area contributed by atoms with E-state index in [4.69, 9.17) is 0 Å². The van der Waals surface area contributed by atoms with Crippen molar-refractivity contribution in [2.45, 2.75) is 58.3 Å². The van der Waals surface area contributed by atoms with Crippen LogP contribution in [0.1, 0.15) is 68.6 Å². The molecule has 0 atom stereocenters. The van der Waals surface area contributed by atoms with Gasteiger partial charge in [0.1, 0.15) is 0 Å². The number of hydrogen-bond donors (Lipinski definition) is 2. The van der Waals surface area contributed by atoms with Crippen LogP contribution in [0.25, 0.3) is 0 Å². The number of benzene rings is 1. The van der Waals surface area contributed by atoms with Crippen molar-refractivity contribution in [1.29, 1.82) is 0 Å². The lowest BCUT2D eigenvalue weighted by Crippen LogP contribution is -2.25. The molecule has 0 aliphatic heterocycles. The summed E-state index contributed by atoms with van der Waals surface area (Å²) in [5, 5.41) is 5.76. The second-order valence-corrected chi connectivity index (χ2v) is 6.39. The monoisotopic (exact) mass is 316 g/mol. The van der Waals surface area contributed by atoms with Gasteiger partial charge in [0.15, 0.2) is 0 Å². The first kappa shape index (κ1) is 17.5. The van der Waals surface area contributed by atoms with Crippen molar-refractivity contribution in [3.8, 4) is 0 Å². The van der Waals surface area contributed by atoms with Gasteiger partial charge in [-0.05, 0) is 30.9 Å². The van der Waals surface area contributed by atoms with E-state index < -0.39 is 0 Å². The van der Waals surface area contributed by atoms with Crippen LogP contribution >= 0.6 is 0 Å². The Morgan fingerprint density at radius 3 is 2.61 bits per heavy atom. The van der Waals surface area contributed by atoms with E-state index >= 15 is 0 Å². The molecule has 23 heavy (non-hydrogen) atoms. The number of anilines is 1. The molecule has 1 saturated carbocycles. The summed E-state index contributed by atoms with van der Waals surface area (Å²) in [7, 11) is 0. The zero-order chi connectivity index (χ0) is 16.5. The molecule has 0 radical (unpaired) electrons. The third kappa shape index (κ3) is 5.70. The minimum absolute atomic E-state index is 0.00585. The van der Waals surface area contributed by atoms with Gasteiger partial charge in [0.25, 0.3) is 5.91 Å². The highest BCUT2D eigenvalue weighted by molar-refractivity contribution is 6.03. The highest BCUT2D eigenvalue weighted by atomic mass is 16.2.